The van der Waals surface area contributed by atoms with Crippen LogP contribution in [-0.4, -0.2) is 49.8 Å². The third-order valence-corrected chi connectivity index (χ3v) is 5.71. The maximum absolute atomic E-state index is 13.4. The molecule has 1 aromatic carbocycles. The molecule has 0 radical (unpaired) electrons. The van der Waals surface area contributed by atoms with E-state index in [1.54, 1.807) is 4.90 Å². The van der Waals surface area contributed by atoms with Crippen molar-refractivity contribution in [3.05, 3.63) is 29.8 Å². The summed E-state index contributed by atoms with van der Waals surface area (Å²) >= 11 is 0. The lowest BCUT2D eigenvalue weighted by atomic mass is 9.85. The highest BCUT2D eigenvalue weighted by atomic mass is 19.4. The Morgan fingerprint density at radius 2 is 1.65 bits per heavy atom. The zero-order chi connectivity index (χ0) is 18.8. The third kappa shape index (κ3) is 3.91. The van der Waals surface area contributed by atoms with Gasteiger partial charge in [0.05, 0.1) is 5.41 Å². The van der Waals surface area contributed by atoms with Crippen molar-refractivity contribution in [1.82, 2.24) is 10.2 Å². The number of hydrogen-bond donors (Lipinski definition) is 1. The Balaban J connectivity index is 1.51. The molecule has 144 valence electrons. The number of alkyl halides is 3. The molecular weight excluding hydrogens is 343 g/mol. The first-order valence-electron chi connectivity index (χ1n) is 9.22. The van der Waals surface area contributed by atoms with Crippen molar-refractivity contribution in [3.63, 3.8) is 0 Å². The maximum atomic E-state index is 13.4. The normalized spacial score (nSPS) is 20.3. The summed E-state index contributed by atoms with van der Waals surface area (Å²) in [4.78, 5) is 16.1. The number of piperazine rings is 1. The molecule has 2 fully saturated rings. The van der Waals surface area contributed by atoms with Crippen LogP contribution < -0.4 is 10.2 Å². The van der Waals surface area contributed by atoms with E-state index in [0.717, 1.165) is 5.69 Å². The van der Waals surface area contributed by atoms with E-state index in [0.29, 0.717) is 39.0 Å². The van der Waals surface area contributed by atoms with Gasteiger partial charge in [-0.05, 0) is 31.9 Å². The van der Waals surface area contributed by atoms with Crippen molar-refractivity contribution in [1.29, 1.82) is 0 Å². The number of aryl methyl sites for hydroxylation is 1. The lowest BCUT2D eigenvalue weighted by Crippen LogP contribution is -2.54. The Morgan fingerprint density at radius 1 is 1.08 bits per heavy atom. The average Bonchev–Trinajstić information content (AvgIpc) is 3.11. The van der Waals surface area contributed by atoms with E-state index in [4.69, 9.17) is 0 Å². The van der Waals surface area contributed by atoms with Crippen LogP contribution in [0.4, 0.5) is 23.7 Å². The molecule has 1 saturated heterocycles. The van der Waals surface area contributed by atoms with Gasteiger partial charge in [0.1, 0.15) is 0 Å². The van der Waals surface area contributed by atoms with E-state index >= 15 is 0 Å². The van der Waals surface area contributed by atoms with Crippen LogP contribution in [0.15, 0.2) is 24.3 Å². The summed E-state index contributed by atoms with van der Waals surface area (Å²) in [7, 11) is 0. The van der Waals surface area contributed by atoms with Crippen LogP contribution in [0.3, 0.4) is 0 Å². The first kappa shape index (κ1) is 18.9. The van der Waals surface area contributed by atoms with E-state index in [1.165, 1.54) is 5.56 Å². The zero-order valence-corrected chi connectivity index (χ0v) is 15.1. The molecule has 26 heavy (non-hydrogen) atoms. The molecule has 0 aromatic heterocycles. The highest BCUT2D eigenvalue weighted by Crippen LogP contribution is 2.49. The molecular formula is C19H26F3N3O. The number of halogens is 3. The molecule has 1 aliphatic carbocycles. The molecule has 2 aliphatic rings. The average molecular weight is 369 g/mol. The van der Waals surface area contributed by atoms with Gasteiger partial charge >= 0.3 is 12.2 Å². The van der Waals surface area contributed by atoms with E-state index in [1.807, 2.05) is 19.1 Å². The Morgan fingerprint density at radius 3 is 2.19 bits per heavy atom. The number of urea groups is 1. The molecule has 4 nitrogen and oxygen atoms in total. The number of rotatable bonds is 3. The summed E-state index contributed by atoms with van der Waals surface area (Å²) in [6, 6.07) is 7.82. The van der Waals surface area contributed by atoms with Crippen LogP contribution in [0.1, 0.15) is 31.2 Å². The first-order valence-corrected chi connectivity index (χ1v) is 9.22. The maximum Gasteiger partial charge on any atom is 0.396 e. The lowest BCUT2D eigenvalue weighted by Gasteiger charge is -2.37. The van der Waals surface area contributed by atoms with Crippen molar-refractivity contribution in [3.8, 4) is 0 Å². The second-order valence-electron chi connectivity index (χ2n) is 7.45. The van der Waals surface area contributed by atoms with Gasteiger partial charge < -0.3 is 15.1 Å². The summed E-state index contributed by atoms with van der Waals surface area (Å²) < 4.78 is 40.2. The molecule has 0 atom stereocenters. The molecule has 3 rings (SSSR count). The fourth-order valence-corrected chi connectivity index (χ4v) is 3.89. The molecule has 0 unspecified atom stereocenters. The summed E-state index contributed by atoms with van der Waals surface area (Å²) in [5, 5.41) is 2.55. The quantitative estimate of drug-likeness (QED) is 0.876. The molecule has 1 aliphatic heterocycles. The topological polar surface area (TPSA) is 35.6 Å². The number of nitrogens with zero attached hydrogens (tertiary/aromatic N) is 2. The largest absolute Gasteiger partial charge is 0.396 e. The molecule has 1 aromatic rings. The van der Waals surface area contributed by atoms with Crippen LogP contribution in [0, 0.1) is 12.3 Å². The number of hydrogen-bond acceptors (Lipinski definition) is 2. The zero-order valence-electron chi connectivity index (χ0n) is 15.1. The molecule has 1 saturated carbocycles. The Kier molecular flexibility index (Phi) is 5.34. The van der Waals surface area contributed by atoms with E-state index in [9.17, 15) is 18.0 Å². The Bertz CT molecular complexity index is 616. The third-order valence-electron chi connectivity index (χ3n) is 5.71. The van der Waals surface area contributed by atoms with Gasteiger partial charge in [0.25, 0.3) is 0 Å². The molecule has 2 amide bonds. The first-order chi connectivity index (χ1) is 12.3. The summed E-state index contributed by atoms with van der Waals surface area (Å²) in [6.07, 6.45) is -2.90. The van der Waals surface area contributed by atoms with Gasteiger partial charge in [0, 0.05) is 38.4 Å². The monoisotopic (exact) mass is 369 g/mol. The number of carbonyl (C=O) groups is 1. The van der Waals surface area contributed by atoms with Gasteiger partial charge in [-0.15, -0.1) is 0 Å². The van der Waals surface area contributed by atoms with Crippen LogP contribution in [0.5, 0.6) is 0 Å². The van der Waals surface area contributed by atoms with Crippen molar-refractivity contribution in [2.24, 2.45) is 5.41 Å². The SMILES string of the molecule is Cc1ccc(N2CCN(C(=O)NCC3(C(F)(F)F)CCCC3)CC2)cc1. The van der Waals surface area contributed by atoms with Crippen molar-refractivity contribution >= 4 is 11.7 Å². The predicted octanol–water partition coefficient (Wildman–Crippen LogP) is 3.95. The fourth-order valence-electron chi connectivity index (χ4n) is 3.89. The standard InChI is InChI=1S/C19H26F3N3O/c1-15-4-6-16(7-5-15)24-10-12-25(13-11-24)17(26)23-14-18(19(20,21)22)8-2-3-9-18/h4-7H,2-3,8-14H2,1H3,(H,23,26). The molecule has 0 bridgehead atoms. The number of anilines is 1. The van der Waals surface area contributed by atoms with E-state index in [-0.39, 0.29) is 25.4 Å². The fraction of sp³-hybridized carbons (Fsp3) is 0.632. The van der Waals surface area contributed by atoms with Crippen molar-refractivity contribution < 1.29 is 18.0 Å². The van der Waals surface area contributed by atoms with Gasteiger partial charge in [-0.3, -0.25) is 0 Å². The summed E-state index contributed by atoms with van der Waals surface area (Å²) in [5.74, 6) is 0. The minimum Gasteiger partial charge on any atom is -0.368 e. The smallest absolute Gasteiger partial charge is 0.368 e. The van der Waals surface area contributed by atoms with E-state index < -0.39 is 11.6 Å². The van der Waals surface area contributed by atoms with Crippen molar-refractivity contribution in [2.45, 2.75) is 38.8 Å². The number of benzene rings is 1. The molecule has 0 spiro atoms. The predicted molar refractivity (Wildman–Crippen MR) is 95.3 cm³/mol. The number of carbonyl (C=O) groups excluding carboxylic acids is 1. The number of nitrogens with one attached hydrogen (secondary N) is 1. The van der Waals surface area contributed by atoms with Crippen LogP contribution in [0.2, 0.25) is 0 Å². The van der Waals surface area contributed by atoms with E-state index in [2.05, 4.69) is 22.3 Å². The second kappa shape index (κ2) is 7.37. The minimum atomic E-state index is -4.26. The Hall–Kier alpha value is -1.92. The van der Waals surface area contributed by atoms with Gasteiger partial charge in [0.15, 0.2) is 0 Å². The van der Waals surface area contributed by atoms with Gasteiger partial charge in [-0.25, -0.2) is 4.79 Å². The summed E-state index contributed by atoms with van der Waals surface area (Å²) in [6.45, 7) is 4.11. The number of amides is 2. The van der Waals surface area contributed by atoms with Crippen molar-refractivity contribution in [2.75, 3.05) is 37.6 Å². The van der Waals surface area contributed by atoms with Gasteiger partial charge in [-0.2, -0.15) is 13.2 Å². The van der Waals surface area contributed by atoms with Crippen LogP contribution in [-0.2, 0) is 0 Å². The van der Waals surface area contributed by atoms with Gasteiger partial charge in [0.2, 0.25) is 0 Å². The highest BCUT2D eigenvalue weighted by Gasteiger charge is 2.55. The molecule has 1 N–H and O–H groups in total. The summed E-state index contributed by atoms with van der Waals surface area (Å²) in [5.41, 5.74) is 0.557. The Labute approximate surface area is 152 Å². The van der Waals surface area contributed by atoms with Crippen LogP contribution in [0.25, 0.3) is 0 Å². The van der Waals surface area contributed by atoms with Crippen LogP contribution >= 0.6 is 0 Å². The lowest BCUT2D eigenvalue weighted by molar-refractivity contribution is -0.219. The second-order valence-corrected chi connectivity index (χ2v) is 7.45. The molecule has 7 heteroatoms. The highest BCUT2D eigenvalue weighted by molar-refractivity contribution is 5.74. The van der Waals surface area contributed by atoms with Gasteiger partial charge in [-0.1, -0.05) is 30.5 Å². The molecule has 1 heterocycles. The minimum absolute atomic E-state index is 0.109.